The predicted octanol–water partition coefficient (Wildman–Crippen LogP) is 3.07. The average Bonchev–Trinajstić information content (AvgIpc) is 3.41. The Hall–Kier alpha value is -3.32. The van der Waals surface area contributed by atoms with Crippen molar-refractivity contribution in [1.82, 2.24) is 20.0 Å². The van der Waals surface area contributed by atoms with Crippen LogP contribution in [0.4, 0.5) is 0 Å². The van der Waals surface area contributed by atoms with Gasteiger partial charge in [-0.25, -0.2) is 0 Å². The quantitative estimate of drug-likeness (QED) is 0.648. The largest absolute Gasteiger partial charge is 0.454 e. The van der Waals surface area contributed by atoms with Gasteiger partial charge in [0.15, 0.2) is 17.2 Å². The summed E-state index contributed by atoms with van der Waals surface area (Å²) < 4.78 is 12.8. The van der Waals surface area contributed by atoms with E-state index in [1.807, 2.05) is 61.2 Å². The molecule has 0 radical (unpaired) electrons. The van der Waals surface area contributed by atoms with Gasteiger partial charge in [0.25, 0.3) is 5.91 Å². The number of aromatic nitrogens is 2. The second-order valence-electron chi connectivity index (χ2n) is 8.55. The van der Waals surface area contributed by atoms with Crippen molar-refractivity contribution in [1.29, 1.82) is 0 Å². The lowest BCUT2D eigenvalue weighted by Gasteiger charge is -2.25. The first-order valence-electron chi connectivity index (χ1n) is 11.0. The lowest BCUT2D eigenvalue weighted by atomic mass is 9.91. The molecule has 1 aromatic heterocycles. The van der Waals surface area contributed by atoms with Crippen molar-refractivity contribution in [3.63, 3.8) is 0 Å². The summed E-state index contributed by atoms with van der Waals surface area (Å²) in [5, 5.41) is 8.27. The first-order valence-corrected chi connectivity index (χ1v) is 11.0. The smallest absolute Gasteiger partial charge is 0.274 e. The summed E-state index contributed by atoms with van der Waals surface area (Å²) in [6.07, 6.45) is 2.73. The van der Waals surface area contributed by atoms with Crippen LogP contribution in [0.15, 0.2) is 48.5 Å². The van der Waals surface area contributed by atoms with Crippen molar-refractivity contribution in [2.24, 2.45) is 7.05 Å². The van der Waals surface area contributed by atoms with Crippen LogP contribution in [-0.2, 0) is 33.0 Å². The summed E-state index contributed by atoms with van der Waals surface area (Å²) in [7, 11) is 3.78. The van der Waals surface area contributed by atoms with Crippen LogP contribution >= 0.6 is 0 Å². The van der Waals surface area contributed by atoms with E-state index in [0.717, 1.165) is 54.0 Å². The van der Waals surface area contributed by atoms with Crippen LogP contribution in [0.25, 0.3) is 0 Å². The second kappa shape index (κ2) is 8.67. The lowest BCUT2D eigenvalue weighted by Crippen LogP contribution is -2.35. The molecule has 1 aliphatic heterocycles. The van der Waals surface area contributed by atoms with E-state index in [-0.39, 0.29) is 12.7 Å². The van der Waals surface area contributed by atoms with E-state index in [2.05, 4.69) is 16.5 Å². The molecular formula is C25H28N4O3. The van der Waals surface area contributed by atoms with E-state index in [4.69, 9.17) is 9.47 Å². The van der Waals surface area contributed by atoms with Crippen molar-refractivity contribution in [2.75, 3.05) is 13.8 Å². The van der Waals surface area contributed by atoms with Gasteiger partial charge in [-0.1, -0.05) is 36.4 Å². The first-order chi connectivity index (χ1) is 15.6. The SMILES string of the molecule is CN(Cc1ccccc1)C(=O)c1nn(C)c2c1C[C@@H](NCc1ccc3c(c1)OCO3)CC2. The summed E-state index contributed by atoms with van der Waals surface area (Å²) in [6, 6.07) is 16.4. The third-order valence-electron chi connectivity index (χ3n) is 6.30. The molecule has 7 heteroatoms. The van der Waals surface area contributed by atoms with Gasteiger partial charge in [0.1, 0.15) is 0 Å². The highest BCUT2D eigenvalue weighted by atomic mass is 16.7. The van der Waals surface area contributed by atoms with Crippen molar-refractivity contribution in [3.05, 3.63) is 76.6 Å². The lowest BCUT2D eigenvalue weighted by molar-refractivity contribution is 0.0777. The number of hydrogen-bond acceptors (Lipinski definition) is 5. The summed E-state index contributed by atoms with van der Waals surface area (Å²) >= 11 is 0. The average molecular weight is 433 g/mol. The standard InChI is InChI=1S/C25H28N4O3/c1-28(15-17-6-4-3-5-7-17)25(30)24-20-13-19(9-10-21(20)29(2)27-24)26-14-18-8-11-22-23(12-18)32-16-31-22/h3-8,11-12,19,26H,9-10,13-16H2,1-2H3/t19-/m0/s1. The molecule has 2 aliphatic rings. The molecule has 5 rings (SSSR count). The van der Waals surface area contributed by atoms with E-state index in [1.54, 1.807) is 4.90 Å². The van der Waals surface area contributed by atoms with Gasteiger partial charge in [-0.3, -0.25) is 9.48 Å². The molecular weight excluding hydrogens is 404 g/mol. The number of fused-ring (bicyclic) bond motifs is 2. The Bertz CT molecular complexity index is 1130. The van der Waals surface area contributed by atoms with Gasteiger partial charge in [-0.05, 0) is 42.5 Å². The third kappa shape index (κ3) is 4.08. The van der Waals surface area contributed by atoms with Gasteiger partial charge in [0.2, 0.25) is 6.79 Å². The van der Waals surface area contributed by atoms with Crippen LogP contribution in [0.3, 0.4) is 0 Å². The Balaban J connectivity index is 1.27. The van der Waals surface area contributed by atoms with Crippen molar-refractivity contribution < 1.29 is 14.3 Å². The number of benzene rings is 2. The number of nitrogens with zero attached hydrogens (tertiary/aromatic N) is 3. The van der Waals surface area contributed by atoms with Gasteiger partial charge in [-0.15, -0.1) is 0 Å². The van der Waals surface area contributed by atoms with E-state index >= 15 is 0 Å². The number of amides is 1. The molecule has 1 aliphatic carbocycles. The maximum atomic E-state index is 13.2. The van der Waals surface area contributed by atoms with Crippen molar-refractivity contribution in [2.45, 2.75) is 38.4 Å². The Morgan fingerprint density at radius 1 is 1.16 bits per heavy atom. The fourth-order valence-corrected chi connectivity index (χ4v) is 4.56. The van der Waals surface area contributed by atoms with Crippen LogP contribution in [0.5, 0.6) is 11.5 Å². The molecule has 32 heavy (non-hydrogen) atoms. The predicted molar refractivity (Wildman–Crippen MR) is 121 cm³/mol. The monoisotopic (exact) mass is 432 g/mol. The van der Waals surface area contributed by atoms with Crippen LogP contribution in [-0.4, -0.2) is 40.5 Å². The van der Waals surface area contributed by atoms with Gasteiger partial charge in [0.05, 0.1) is 0 Å². The van der Waals surface area contributed by atoms with Crippen LogP contribution < -0.4 is 14.8 Å². The number of nitrogens with one attached hydrogen (secondary N) is 1. The molecule has 2 heterocycles. The summed E-state index contributed by atoms with van der Waals surface area (Å²) in [6.45, 7) is 1.60. The highest BCUT2D eigenvalue weighted by Gasteiger charge is 2.29. The Morgan fingerprint density at radius 3 is 2.81 bits per heavy atom. The molecule has 166 valence electrons. The number of aryl methyl sites for hydroxylation is 1. The summed E-state index contributed by atoms with van der Waals surface area (Å²) in [4.78, 5) is 15.0. The van der Waals surface area contributed by atoms with E-state index in [0.29, 0.717) is 18.3 Å². The molecule has 0 saturated heterocycles. The zero-order valence-corrected chi connectivity index (χ0v) is 18.5. The minimum absolute atomic E-state index is 0.0258. The molecule has 2 aromatic carbocycles. The van der Waals surface area contributed by atoms with Crippen LogP contribution in [0.1, 0.15) is 39.3 Å². The maximum absolute atomic E-state index is 13.2. The molecule has 1 N–H and O–H groups in total. The van der Waals surface area contributed by atoms with Crippen LogP contribution in [0, 0.1) is 0 Å². The second-order valence-corrected chi connectivity index (χ2v) is 8.55. The fraction of sp³-hybridized carbons (Fsp3) is 0.360. The maximum Gasteiger partial charge on any atom is 0.274 e. The number of hydrogen-bond donors (Lipinski definition) is 1. The van der Waals surface area contributed by atoms with Gasteiger partial charge in [0, 0.05) is 44.5 Å². The Kier molecular flexibility index (Phi) is 5.57. The van der Waals surface area contributed by atoms with E-state index in [9.17, 15) is 4.79 Å². The highest BCUT2D eigenvalue weighted by Crippen LogP contribution is 2.32. The van der Waals surface area contributed by atoms with E-state index in [1.165, 1.54) is 5.69 Å². The molecule has 0 fully saturated rings. The molecule has 3 aromatic rings. The van der Waals surface area contributed by atoms with Gasteiger partial charge < -0.3 is 19.7 Å². The number of carbonyl (C=O) groups excluding carboxylic acids is 1. The zero-order valence-electron chi connectivity index (χ0n) is 18.5. The topological polar surface area (TPSA) is 68.6 Å². The van der Waals surface area contributed by atoms with Crippen LogP contribution in [0.2, 0.25) is 0 Å². The number of rotatable bonds is 6. The zero-order chi connectivity index (χ0) is 22.1. The fourth-order valence-electron chi connectivity index (χ4n) is 4.56. The molecule has 1 atom stereocenters. The minimum atomic E-state index is -0.0258. The summed E-state index contributed by atoms with van der Waals surface area (Å²) in [5.41, 5.74) is 5.09. The molecule has 0 unspecified atom stereocenters. The number of ether oxygens (including phenoxy) is 2. The van der Waals surface area contributed by atoms with Gasteiger partial charge >= 0.3 is 0 Å². The molecule has 0 spiro atoms. The van der Waals surface area contributed by atoms with E-state index < -0.39 is 0 Å². The normalized spacial score (nSPS) is 16.6. The highest BCUT2D eigenvalue weighted by molar-refractivity contribution is 5.94. The van der Waals surface area contributed by atoms with Gasteiger partial charge in [-0.2, -0.15) is 5.10 Å². The Labute approximate surface area is 187 Å². The molecule has 0 saturated carbocycles. The first kappa shape index (κ1) is 20.6. The number of carbonyl (C=O) groups is 1. The molecule has 1 amide bonds. The summed E-state index contributed by atoms with van der Waals surface area (Å²) in [5.74, 6) is 1.58. The third-order valence-corrected chi connectivity index (χ3v) is 6.30. The van der Waals surface area contributed by atoms with Crippen molar-refractivity contribution >= 4 is 5.91 Å². The van der Waals surface area contributed by atoms with Crippen molar-refractivity contribution in [3.8, 4) is 11.5 Å². The molecule has 0 bridgehead atoms. The Morgan fingerprint density at radius 2 is 1.97 bits per heavy atom. The minimum Gasteiger partial charge on any atom is -0.454 e. The molecule has 7 nitrogen and oxygen atoms in total.